The summed E-state index contributed by atoms with van der Waals surface area (Å²) < 4.78 is 0. The molecule has 1 unspecified atom stereocenters. The van der Waals surface area contributed by atoms with E-state index in [2.05, 4.69) is 71.7 Å². The lowest BCUT2D eigenvalue weighted by molar-refractivity contribution is 0.103. The summed E-state index contributed by atoms with van der Waals surface area (Å²) in [4.78, 5) is 23.1. The van der Waals surface area contributed by atoms with Crippen LogP contribution in [0.4, 0.5) is 0 Å². The molecule has 0 bridgehead atoms. The molecule has 0 saturated heterocycles. The molecule has 1 aliphatic carbocycles. The van der Waals surface area contributed by atoms with Gasteiger partial charge in [0, 0.05) is 35.3 Å². The van der Waals surface area contributed by atoms with E-state index in [0.717, 1.165) is 33.4 Å². The third kappa shape index (κ3) is 2.35. The zero-order valence-electron chi connectivity index (χ0n) is 18.3. The van der Waals surface area contributed by atoms with Gasteiger partial charge in [0.25, 0.3) is 0 Å². The molecular formula is C30H19BN2O. The van der Waals surface area contributed by atoms with Gasteiger partial charge in [-0.3, -0.25) is 14.8 Å². The highest BCUT2D eigenvalue weighted by Crippen LogP contribution is 2.50. The Kier molecular flexibility index (Phi) is 4.00. The molecule has 5 aromatic rings. The van der Waals surface area contributed by atoms with Crippen LogP contribution in [0.1, 0.15) is 38.3 Å². The van der Waals surface area contributed by atoms with Gasteiger partial charge in [-0.1, -0.05) is 95.9 Å². The maximum atomic E-state index is 13.6. The highest BCUT2D eigenvalue weighted by atomic mass is 16.1. The van der Waals surface area contributed by atoms with E-state index in [-0.39, 0.29) is 12.5 Å². The molecule has 0 N–H and O–H groups in total. The number of benzene rings is 3. The molecule has 0 saturated carbocycles. The molecule has 3 nitrogen and oxygen atoms in total. The Bertz CT molecular complexity index is 1500. The van der Waals surface area contributed by atoms with E-state index in [9.17, 15) is 4.79 Å². The first-order valence-corrected chi connectivity index (χ1v) is 11.5. The Morgan fingerprint density at radius 1 is 0.618 bits per heavy atom. The fourth-order valence-corrected chi connectivity index (χ4v) is 6.09. The van der Waals surface area contributed by atoms with E-state index in [1.807, 2.05) is 42.7 Å². The molecular weight excluding hydrogens is 415 g/mol. The maximum absolute atomic E-state index is 13.6. The molecule has 0 radical (unpaired) electrons. The predicted octanol–water partition coefficient (Wildman–Crippen LogP) is 3.23. The second-order valence-electron chi connectivity index (χ2n) is 8.92. The van der Waals surface area contributed by atoms with Crippen molar-refractivity contribution in [2.75, 3.05) is 0 Å². The summed E-state index contributed by atoms with van der Waals surface area (Å²) in [5.41, 5.74) is 8.32. The molecule has 158 valence electrons. The zero-order valence-corrected chi connectivity index (χ0v) is 18.3. The first kappa shape index (κ1) is 19.2. The zero-order chi connectivity index (χ0) is 22.7. The molecule has 34 heavy (non-hydrogen) atoms. The van der Waals surface area contributed by atoms with Crippen LogP contribution in [-0.4, -0.2) is 22.5 Å². The monoisotopic (exact) mass is 434 g/mol. The second kappa shape index (κ2) is 7.10. The van der Waals surface area contributed by atoms with Crippen molar-refractivity contribution in [3.8, 4) is 0 Å². The van der Waals surface area contributed by atoms with E-state index >= 15 is 0 Å². The van der Waals surface area contributed by atoms with Gasteiger partial charge in [0.2, 0.25) is 6.71 Å². The SMILES string of the molecule is O=C1c2ccccc2C2(c3ccccc3B(c3ccccc3)c3cccnc32)c2cnccc21. The van der Waals surface area contributed by atoms with Crippen molar-refractivity contribution in [1.82, 2.24) is 9.97 Å². The number of carbonyl (C=O) groups excluding carboxylic acids is 1. The Morgan fingerprint density at radius 3 is 2.21 bits per heavy atom. The molecule has 1 aliphatic heterocycles. The van der Waals surface area contributed by atoms with Gasteiger partial charge in [0.05, 0.1) is 11.1 Å². The summed E-state index contributed by atoms with van der Waals surface area (Å²) in [6.07, 6.45) is 5.44. The Hall–Kier alpha value is -4.31. The number of ketones is 1. The molecule has 3 aromatic carbocycles. The van der Waals surface area contributed by atoms with Gasteiger partial charge in [0.15, 0.2) is 5.78 Å². The van der Waals surface area contributed by atoms with Crippen LogP contribution in [0.3, 0.4) is 0 Å². The van der Waals surface area contributed by atoms with Crippen molar-refractivity contribution < 1.29 is 4.79 Å². The number of pyridine rings is 2. The molecule has 7 rings (SSSR count). The average molecular weight is 434 g/mol. The third-order valence-corrected chi connectivity index (χ3v) is 7.36. The molecule has 2 aromatic heterocycles. The number of carbonyl (C=O) groups is 1. The molecule has 2 aliphatic rings. The van der Waals surface area contributed by atoms with Crippen LogP contribution >= 0.6 is 0 Å². The Balaban J connectivity index is 1.69. The van der Waals surface area contributed by atoms with Crippen LogP contribution in [0.25, 0.3) is 0 Å². The fraction of sp³-hybridized carbons (Fsp3) is 0.0333. The van der Waals surface area contributed by atoms with Crippen molar-refractivity contribution in [2.45, 2.75) is 5.41 Å². The molecule has 1 atom stereocenters. The third-order valence-electron chi connectivity index (χ3n) is 7.36. The highest BCUT2D eigenvalue weighted by Gasteiger charge is 2.53. The van der Waals surface area contributed by atoms with Crippen LogP contribution in [0, 0.1) is 0 Å². The number of nitrogens with zero attached hydrogens (tertiary/aromatic N) is 2. The van der Waals surface area contributed by atoms with E-state index in [1.165, 1.54) is 10.9 Å². The van der Waals surface area contributed by atoms with Crippen LogP contribution in [0.15, 0.2) is 116 Å². The first-order chi connectivity index (χ1) is 16.8. The second-order valence-corrected chi connectivity index (χ2v) is 8.92. The van der Waals surface area contributed by atoms with Gasteiger partial charge in [-0.05, 0) is 28.7 Å². The summed E-state index contributed by atoms with van der Waals surface area (Å²) in [5.74, 6) is 0.0405. The topological polar surface area (TPSA) is 42.9 Å². The first-order valence-electron chi connectivity index (χ1n) is 11.5. The lowest BCUT2D eigenvalue weighted by atomic mass is 9.31. The lowest BCUT2D eigenvalue weighted by Crippen LogP contribution is -2.63. The van der Waals surface area contributed by atoms with E-state index in [1.54, 1.807) is 6.20 Å². The minimum atomic E-state index is -0.716. The normalized spacial score (nSPS) is 17.5. The summed E-state index contributed by atoms with van der Waals surface area (Å²) in [7, 11) is 0. The van der Waals surface area contributed by atoms with Crippen LogP contribution in [0.2, 0.25) is 0 Å². The number of hydrogen-bond donors (Lipinski definition) is 0. The standard InChI is InChI=1S/C30H19BN2O/c34-28-21-11-4-5-12-23(21)30(25-19-32-18-16-22(25)28)24-13-6-7-14-26(24)31(20-9-2-1-3-10-20)27-15-8-17-33-29(27)30/h1-19H. The van der Waals surface area contributed by atoms with Gasteiger partial charge < -0.3 is 0 Å². The van der Waals surface area contributed by atoms with E-state index in [4.69, 9.17) is 4.98 Å². The van der Waals surface area contributed by atoms with Gasteiger partial charge in [-0.2, -0.15) is 0 Å². The van der Waals surface area contributed by atoms with Gasteiger partial charge in [-0.15, -0.1) is 0 Å². The molecule has 0 fully saturated rings. The molecule has 4 heteroatoms. The molecule has 3 heterocycles. The van der Waals surface area contributed by atoms with Crippen molar-refractivity contribution in [3.05, 3.63) is 149 Å². The lowest BCUT2D eigenvalue weighted by Gasteiger charge is -2.46. The van der Waals surface area contributed by atoms with Crippen molar-refractivity contribution in [2.24, 2.45) is 0 Å². The van der Waals surface area contributed by atoms with Crippen molar-refractivity contribution >= 4 is 28.9 Å². The average Bonchev–Trinajstić information content (AvgIpc) is 2.91. The summed E-state index contributed by atoms with van der Waals surface area (Å²) in [6, 6.07) is 33.3. The summed E-state index contributed by atoms with van der Waals surface area (Å²) in [6.45, 7) is 0.0524. The Labute approximate surface area is 198 Å². The molecule has 1 spiro atoms. The fourth-order valence-electron chi connectivity index (χ4n) is 6.09. The van der Waals surface area contributed by atoms with E-state index < -0.39 is 5.41 Å². The largest absolute Gasteiger partial charge is 0.289 e. The van der Waals surface area contributed by atoms with Gasteiger partial charge in [0.1, 0.15) is 0 Å². The summed E-state index contributed by atoms with van der Waals surface area (Å²) in [5, 5.41) is 0. The van der Waals surface area contributed by atoms with Crippen molar-refractivity contribution in [1.29, 1.82) is 0 Å². The van der Waals surface area contributed by atoms with Crippen LogP contribution in [-0.2, 0) is 5.41 Å². The van der Waals surface area contributed by atoms with Crippen LogP contribution < -0.4 is 16.4 Å². The predicted molar refractivity (Wildman–Crippen MR) is 135 cm³/mol. The van der Waals surface area contributed by atoms with Gasteiger partial charge >= 0.3 is 0 Å². The summed E-state index contributed by atoms with van der Waals surface area (Å²) >= 11 is 0. The quantitative estimate of drug-likeness (QED) is 0.373. The Morgan fingerprint density at radius 2 is 1.32 bits per heavy atom. The number of fused-ring (bicyclic) bond motifs is 8. The maximum Gasteiger partial charge on any atom is 0.244 e. The van der Waals surface area contributed by atoms with Crippen molar-refractivity contribution in [3.63, 3.8) is 0 Å². The number of hydrogen-bond acceptors (Lipinski definition) is 3. The minimum Gasteiger partial charge on any atom is -0.289 e. The van der Waals surface area contributed by atoms with Gasteiger partial charge in [-0.25, -0.2) is 0 Å². The smallest absolute Gasteiger partial charge is 0.244 e. The minimum absolute atomic E-state index is 0.0405. The number of rotatable bonds is 1. The number of aromatic nitrogens is 2. The van der Waals surface area contributed by atoms with E-state index in [0.29, 0.717) is 5.56 Å². The highest BCUT2D eigenvalue weighted by molar-refractivity contribution is 6.96. The molecule has 0 amide bonds. The van der Waals surface area contributed by atoms with Crippen LogP contribution in [0.5, 0.6) is 0 Å².